The van der Waals surface area contributed by atoms with Gasteiger partial charge in [0.05, 0.1) is 0 Å². The van der Waals surface area contributed by atoms with Crippen LogP contribution in [0.15, 0.2) is 42.5 Å². The summed E-state index contributed by atoms with van der Waals surface area (Å²) in [6.07, 6.45) is 3.05. The van der Waals surface area contributed by atoms with Crippen molar-refractivity contribution in [2.24, 2.45) is 0 Å². The van der Waals surface area contributed by atoms with E-state index in [1.807, 2.05) is 30.0 Å². The molecule has 1 amide bonds. The standard InChI is InChI=1S/C23H28ClFN2O/c1-3-4-23(28)27(21-10-5-17(2)22(25)15-21)20-11-13-26(14-12-20)16-18-6-8-19(24)9-7-18/h5-10,15,20H,3-4,11-14,16H2,1-2H3. The lowest BCUT2D eigenvalue weighted by Crippen LogP contribution is -2.47. The van der Waals surface area contributed by atoms with Gasteiger partial charge in [-0.05, 0) is 61.6 Å². The van der Waals surface area contributed by atoms with E-state index in [4.69, 9.17) is 11.6 Å². The molecule has 3 rings (SSSR count). The maximum atomic E-state index is 14.1. The largest absolute Gasteiger partial charge is 0.309 e. The minimum atomic E-state index is -0.257. The maximum absolute atomic E-state index is 14.1. The van der Waals surface area contributed by atoms with Crippen LogP contribution in [0.25, 0.3) is 0 Å². The second-order valence-electron chi connectivity index (χ2n) is 7.58. The highest BCUT2D eigenvalue weighted by molar-refractivity contribution is 6.30. The van der Waals surface area contributed by atoms with Crippen LogP contribution in [0.1, 0.15) is 43.7 Å². The van der Waals surface area contributed by atoms with Crippen molar-refractivity contribution < 1.29 is 9.18 Å². The van der Waals surface area contributed by atoms with Gasteiger partial charge in [0, 0.05) is 42.8 Å². The van der Waals surface area contributed by atoms with Gasteiger partial charge in [-0.15, -0.1) is 0 Å². The molecular weight excluding hydrogens is 375 g/mol. The van der Waals surface area contributed by atoms with Gasteiger partial charge in [-0.2, -0.15) is 0 Å². The van der Waals surface area contributed by atoms with E-state index >= 15 is 0 Å². The zero-order chi connectivity index (χ0) is 20.1. The molecule has 3 nitrogen and oxygen atoms in total. The number of nitrogens with zero attached hydrogens (tertiary/aromatic N) is 2. The van der Waals surface area contributed by atoms with Gasteiger partial charge in [0.15, 0.2) is 0 Å². The zero-order valence-electron chi connectivity index (χ0n) is 16.6. The van der Waals surface area contributed by atoms with E-state index in [2.05, 4.69) is 17.0 Å². The Morgan fingerprint density at radius 3 is 2.46 bits per heavy atom. The molecule has 0 N–H and O–H groups in total. The SMILES string of the molecule is CCCC(=O)N(c1ccc(C)c(F)c1)C1CCN(Cc2ccc(Cl)cc2)CC1. The Labute approximate surface area is 172 Å². The third kappa shape index (κ3) is 5.12. The minimum absolute atomic E-state index is 0.0851. The van der Waals surface area contributed by atoms with Crippen molar-refractivity contribution in [2.75, 3.05) is 18.0 Å². The minimum Gasteiger partial charge on any atom is -0.309 e. The van der Waals surface area contributed by atoms with Crippen LogP contribution >= 0.6 is 11.6 Å². The number of piperidine rings is 1. The van der Waals surface area contributed by atoms with Crippen molar-refractivity contribution in [3.63, 3.8) is 0 Å². The van der Waals surface area contributed by atoms with E-state index in [9.17, 15) is 9.18 Å². The first-order valence-corrected chi connectivity index (χ1v) is 10.4. The van der Waals surface area contributed by atoms with Gasteiger partial charge in [-0.3, -0.25) is 9.69 Å². The Kier molecular flexibility index (Phi) is 7.08. The molecule has 150 valence electrons. The van der Waals surface area contributed by atoms with Gasteiger partial charge in [-0.25, -0.2) is 4.39 Å². The van der Waals surface area contributed by atoms with Crippen molar-refractivity contribution >= 4 is 23.2 Å². The molecule has 2 aromatic carbocycles. The molecular formula is C23H28ClFN2O. The lowest BCUT2D eigenvalue weighted by atomic mass is 10.0. The van der Waals surface area contributed by atoms with Crippen LogP contribution in [0, 0.1) is 12.7 Å². The third-order valence-electron chi connectivity index (χ3n) is 5.41. The van der Waals surface area contributed by atoms with Gasteiger partial charge in [0.25, 0.3) is 0 Å². The summed E-state index contributed by atoms with van der Waals surface area (Å²) >= 11 is 5.96. The normalized spacial score (nSPS) is 15.6. The summed E-state index contributed by atoms with van der Waals surface area (Å²) in [6.45, 7) is 6.45. The van der Waals surface area contributed by atoms with Crippen LogP contribution in [0.3, 0.4) is 0 Å². The van der Waals surface area contributed by atoms with Crippen LogP contribution in [0.5, 0.6) is 0 Å². The Hall–Kier alpha value is -1.91. The molecule has 0 radical (unpaired) electrons. The highest BCUT2D eigenvalue weighted by Crippen LogP contribution is 2.27. The molecule has 2 aromatic rings. The number of likely N-dealkylation sites (tertiary alicyclic amines) is 1. The van der Waals surface area contributed by atoms with Gasteiger partial charge in [0.1, 0.15) is 5.82 Å². The molecule has 0 atom stereocenters. The number of rotatable bonds is 6. The number of hydrogen-bond acceptors (Lipinski definition) is 2. The highest BCUT2D eigenvalue weighted by Gasteiger charge is 2.29. The topological polar surface area (TPSA) is 23.6 Å². The van der Waals surface area contributed by atoms with E-state index in [-0.39, 0.29) is 17.8 Å². The van der Waals surface area contributed by atoms with E-state index in [0.29, 0.717) is 17.7 Å². The predicted molar refractivity (Wildman–Crippen MR) is 113 cm³/mol. The van der Waals surface area contributed by atoms with Crippen molar-refractivity contribution in [1.82, 2.24) is 4.90 Å². The van der Waals surface area contributed by atoms with E-state index < -0.39 is 0 Å². The summed E-state index contributed by atoms with van der Waals surface area (Å²) in [5.41, 5.74) is 2.52. The Morgan fingerprint density at radius 1 is 1.18 bits per heavy atom. The summed E-state index contributed by atoms with van der Waals surface area (Å²) in [6, 6.07) is 13.2. The van der Waals surface area contributed by atoms with Crippen molar-refractivity contribution in [1.29, 1.82) is 0 Å². The molecule has 0 saturated carbocycles. The number of hydrogen-bond donors (Lipinski definition) is 0. The molecule has 0 bridgehead atoms. The third-order valence-corrected chi connectivity index (χ3v) is 5.66. The van der Waals surface area contributed by atoms with Crippen LogP contribution in [-0.2, 0) is 11.3 Å². The molecule has 0 unspecified atom stereocenters. The van der Waals surface area contributed by atoms with Crippen molar-refractivity contribution in [2.45, 2.75) is 52.1 Å². The Balaban J connectivity index is 1.69. The molecule has 5 heteroatoms. The van der Waals surface area contributed by atoms with E-state index in [1.54, 1.807) is 13.0 Å². The molecule has 1 aliphatic heterocycles. The van der Waals surface area contributed by atoms with Crippen molar-refractivity contribution in [3.8, 4) is 0 Å². The second-order valence-corrected chi connectivity index (χ2v) is 8.02. The maximum Gasteiger partial charge on any atom is 0.227 e. The first-order valence-electron chi connectivity index (χ1n) is 10.0. The number of carbonyl (C=O) groups excluding carboxylic acids is 1. The number of carbonyl (C=O) groups is 1. The Morgan fingerprint density at radius 2 is 1.86 bits per heavy atom. The number of anilines is 1. The number of aryl methyl sites for hydroxylation is 1. The highest BCUT2D eigenvalue weighted by atomic mass is 35.5. The lowest BCUT2D eigenvalue weighted by molar-refractivity contribution is -0.119. The summed E-state index contributed by atoms with van der Waals surface area (Å²) < 4.78 is 14.1. The Bertz CT molecular complexity index is 801. The number of benzene rings is 2. The first kappa shape index (κ1) is 20.8. The second kappa shape index (κ2) is 9.53. The van der Waals surface area contributed by atoms with Gasteiger partial charge in [-0.1, -0.05) is 36.7 Å². The summed E-state index contributed by atoms with van der Waals surface area (Å²) in [5.74, 6) is -0.172. The summed E-state index contributed by atoms with van der Waals surface area (Å²) in [4.78, 5) is 17.1. The van der Waals surface area contributed by atoms with Crippen molar-refractivity contribution in [3.05, 3.63) is 64.4 Å². The first-order chi connectivity index (χ1) is 13.5. The van der Waals surface area contributed by atoms with Gasteiger partial charge in [0.2, 0.25) is 5.91 Å². The summed E-state index contributed by atoms with van der Waals surface area (Å²) in [5, 5.41) is 0.748. The average Bonchev–Trinajstić information content (AvgIpc) is 2.68. The smallest absolute Gasteiger partial charge is 0.227 e. The van der Waals surface area contributed by atoms with E-state index in [0.717, 1.165) is 43.9 Å². The van der Waals surface area contributed by atoms with Crippen LogP contribution in [0.4, 0.5) is 10.1 Å². The zero-order valence-corrected chi connectivity index (χ0v) is 17.4. The van der Waals surface area contributed by atoms with Crippen LogP contribution in [0.2, 0.25) is 5.02 Å². The monoisotopic (exact) mass is 402 g/mol. The fraction of sp³-hybridized carbons (Fsp3) is 0.435. The molecule has 0 spiro atoms. The molecule has 1 aliphatic rings. The summed E-state index contributed by atoms with van der Waals surface area (Å²) in [7, 11) is 0. The van der Waals surface area contributed by atoms with Gasteiger partial charge >= 0.3 is 0 Å². The fourth-order valence-corrected chi connectivity index (χ4v) is 3.93. The number of amides is 1. The molecule has 1 fully saturated rings. The lowest BCUT2D eigenvalue weighted by Gasteiger charge is -2.39. The quantitative estimate of drug-likeness (QED) is 0.629. The molecule has 1 saturated heterocycles. The van der Waals surface area contributed by atoms with E-state index in [1.165, 1.54) is 11.6 Å². The fourth-order valence-electron chi connectivity index (χ4n) is 3.81. The molecule has 0 aromatic heterocycles. The molecule has 0 aliphatic carbocycles. The number of halogens is 2. The van der Waals surface area contributed by atoms with Crippen LogP contribution < -0.4 is 4.90 Å². The molecule has 1 heterocycles. The molecule has 28 heavy (non-hydrogen) atoms. The average molecular weight is 403 g/mol. The van der Waals surface area contributed by atoms with Gasteiger partial charge < -0.3 is 4.90 Å². The van der Waals surface area contributed by atoms with Crippen LogP contribution in [-0.4, -0.2) is 29.9 Å². The predicted octanol–water partition coefficient (Wildman–Crippen LogP) is 5.59.